The number of phenols is 1. The first kappa shape index (κ1) is 15.8. The molecule has 0 aliphatic rings. The van der Waals surface area contributed by atoms with Gasteiger partial charge in [0, 0.05) is 17.0 Å². The number of thiazole rings is 1. The van der Waals surface area contributed by atoms with E-state index in [0.29, 0.717) is 21.8 Å². The first-order valence-corrected chi connectivity index (χ1v) is 9.30. The topological polar surface area (TPSA) is 58.6 Å². The molecule has 0 saturated heterocycles. The Kier molecular flexibility index (Phi) is 3.73. The van der Waals surface area contributed by atoms with Gasteiger partial charge in [0.1, 0.15) is 17.1 Å². The van der Waals surface area contributed by atoms with E-state index in [1.54, 1.807) is 18.2 Å². The van der Waals surface area contributed by atoms with Gasteiger partial charge in [-0.25, -0.2) is 9.98 Å². The molecule has 0 spiro atoms. The summed E-state index contributed by atoms with van der Waals surface area (Å²) in [5.41, 5.74) is 2.56. The Morgan fingerprint density at radius 1 is 0.889 bits per heavy atom. The molecule has 0 amide bonds. The highest BCUT2D eigenvalue weighted by Gasteiger charge is 2.08. The van der Waals surface area contributed by atoms with E-state index in [2.05, 4.69) is 4.98 Å². The minimum absolute atomic E-state index is 0.172. The van der Waals surface area contributed by atoms with Crippen molar-refractivity contribution < 1.29 is 9.52 Å². The van der Waals surface area contributed by atoms with E-state index in [0.717, 1.165) is 21.2 Å². The lowest BCUT2D eigenvalue weighted by Crippen LogP contribution is -2.03. The molecule has 5 rings (SSSR count). The van der Waals surface area contributed by atoms with Gasteiger partial charge in [-0.3, -0.25) is 0 Å². The highest BCUT2D eigenvalue weighted by molar-refractivity contribution is 7.21. The number of benzene rings is 3. The fraction of sp³-hybridized carbons (Fsp3) is 0. The van der Waals surface area contributed by atoms with Crippen molar-refractivity contribution in [3.05, 3.63) is 84.2 Å². The number of para-hydroxylation sites is 1. The Morgan fingerprint density at radius 3 is 2.56 bits per heavy atom. The molecule has 5 heteroatoms. The van der Waals surface area contributed by atoms with Crippen LogP contribution in [-0.2, 0) is 0 Å². The summed E-state index contributed by atoms with van der Waals surface area (Å²) in [5.74, 6) is 0.888. The average Bonchev–Trinajstić information content (AvgIpc) is 3.11. The van der Waals surface area contributed by atoms with Crippen molar-refractivity contribution in [1.82, 2.24) is 4.98 Å². The van der Waals surface area contributed by atoms with Crippen molar-refractivity contribution in [2.24, 2.45) is 4.99 Å². The maximum atomic E-state index is 9.93. The molecule has 2 aromatic heterocycles. The van der Waals surface area contributed by atoms with Gasteiger partial charge in [-0.05, 0) is 30.3 Å². The monoisotopic (exact) mass is 370 g/mol. The molecule has 0 fully saturated rings. The third-order valence-electron chi connectivity index (χ3n) is 4.28. The van der Waals surface area contributed by atoms with Gasteiger partial charge in [0.05, 0.1) is 15.6 Å². The Labute approximate surface area is 158 Å². The highest BCUT2D eigenvalue weighted by Crippen LogP contribution is 2.28. The number of hydrogen-bond acceptors (Lipinski definition) is 5. The van der Waals surface area contributed by atoms with E-state index in [1.807, 2.05) is 60.7 Å². The summed E-state index contributed by atoms with van der Waals surface area (Å²) in [7, 11) is 0. The third-order valence-corrected chi connectivity index (χ3v) is 5.21. The van der Waals surface area contributed by atoms with Crippen LogP contribution in [-0.4, -0.2) is 10.1 Å². The van der Waals surface area contributed by atoms with Crippen LogP contribution in [0.4, 0.5) is 5.13 Å². The van der Waals surface area contributed by atoms with Crippen molar-refractivity contribution in [1.29, 1.82) is 0 Å². The summed E-state index contributed by atoms with van der Waals surface area (Å²) in [6, 6.07) is 24.8. The van der Waals surface area contributed by atoms with Crippen LogP contribution in [0.5, 0.6) is 5.75 Å². The van der Waals surface area contributed by atoms with Crippen LogP contribution in [0.15, 0.2) is 88.3 Å². The second-order valence-electron chi connectivity index (χ2n) is 6.12. The standard InChI is InChI=1S/C22H14N2O2S/c25-15-10-11-19-16(12-15)18(13-20(26-19)14-6-2-1-3-7-14)24-22-23-17-8-4-5-9-21(17)27-22/h1-13,25H. The molecular formula is C22H14N2O2S. The molecule has 4 nitrogen and oxygen atoms in total. The lowest BCUT2D eigenvalue weighted by molar-refractivity contribution is 0.475. The van der Waals surface area contributed by atoms with E-state index >= 15 is 0 Å². The molecule has 2 heterocycles. The average molecular weight is 370 g/mol. The molecule has 0 atom stereocenters. The zero-order chi connectivity index (χ0) is 18.2. The van der Waals surface area contributed by atoms with E-state index < -0.39 is 0 Å². The number of rotatable bonds is 2. The fourth-order valence-corrected chi connectivity index (χ4v) is 3.85. The maximum Gasteiger partial charge on any atom is 0.210 e. The molecule has 0 bridgehead atoms. The predicted molar refractivity (Wildman–Crippen MR) is 108 cm³/mol. The third kappa shape index (κ3) is 2.98. The molecule has 5 aromatic rings. The highest BCUT2D eigenvalue weighted by atomic mass is 32.1. The smallest absolute Gasteiger partial charge is 0.210 e. The van der Waals surface area contributed by atoms with Crippen LogP contribution in [0.25, 0.3) is 32.5 Å². The Hall–Kier alpha value is -3.44. The number of fused-ring (bicyclic) bond motifs is 2. The predicted octanol–water partition coefficient (Wildman–Crippen LogP) is 5.65. The van der Waals surface area contributed by atoms with E-state index in [9.17, 15) is 5.11 Å². The summed E-state index contributed by atoms with van der Waals surface area (Å²) in [4.78, 5) is 9.37. The van der Waals surface area contributed by atoms with Gasteiger partial charge in [0.25, 0.3) is 0 Å². The van der Waals surface area contributed by atoms with Gasteiger partial charge in [0.15, 0.2) is 0 Å². The van der Waals surface area contributed by atoms with Crippen LogP contribution in [0.2, 0.25) is 0 Å². The second-order valence-corrected chi connectivity index (χ2v) is 7.13. The number of phenolic OH excluding ortho intramolecular Hbond substituents is 1. The van der Waals surface area contributed by atoms with Crippen LogP contribution in [0.1, 0.15) is 0 Å². The van der Waals surface area contributed by atoms with Gasteiger partial charge in [-0.15, -0.1) is 0 Å². The van der Waals surface area contributed by atoms with Crippen molar-refractivity contribution in [3.63, 3.8) is 0 Å². The van der Waals surface area contributed by atoms with E-state index in [-0.39, 0.29) is 5.75 Å². The number of nitrogens with zero attached hydrogens (tertiary/aromatic N) is 2. The molecule has 3 aromatic carbocycles. The Morgan fingerprint density at radius 2 is 1.70 bits per heavy atom. The first-order chi connectivity index (χ1) is 13.3. The van der Waals surface area contributed by atoms with Gasteiger partial charge in [0.2, 0.25) is 5.13 Å². The number of aromatic nitrogens is 1. The summed E-state index contributed by atoms with van der Waals surface area (Å²) in [6.07, 6.45) is 0. The molecular weight excluding hydrogens is 356 g/mol. The maximum absolute atomic E-state index is 9.93. The Bertz CT molecular complexity index is 1300. The van der Waals surface area contributed by atoms with Gasteiger partial charge in [-0.1, -0.05) is 53.8 Å². The van der Waals surface area contributed by atoms with Crippen LogP contribution in [0, 0.1) is 0 Å². The number of hydrogen-bond donors (Lipinski definition) is 1. The quantitative estimate of drug-likeness (QED) is 0.437. The lowest BCUT2D eigenvalue weighted by Gasteiger charge is -2.05. The molecule has 130 valence electrons. The van der Waals surface area contributed by atoms with Gasteiger partial charge < -0.3 is 9.52 Å². The lowest BCUT2D eigenvalue weighted by atomic mass is 10.1. The normalized spacial score (nSPS) is 12.1. The first-order valence-electron chi connectivity index (χ1n) is 8.49. The number of aromatic hydroxyl groups is 1. The SMILES string of the molecule is Oc1ccc2oc(-c3ccccc3)cc(=Nc3nc4ccccc4s3)c2c1. The van der Waals surface area contributed by atoms with Crippen molar-refractivity contribution >= 4 is 37.7 Å². The molecule has 1 N–H and O–H groups in total. The summed E-state index contributed by atoms with van der Waals surface area (Å²) >= 11 is 1.54. The van der Waals surface area contributed by atoms with Gasteiger partial charge >= 0.3 is 0 Å². The van der Waals surface area contributed by atoms with Crippen LogP contribution in [0.3, 0.4) is 0 Å². The molecule has 0 aliphatic heterocycles. The zero-order valence-electron chi connectivity index (χ0n) is 14.2. The van der Waals surface area contributed by atoms with Crippen molar-refractivity contribution in [2.75, 3.05) is 0 Å². The van der Waals surface area contributed by atoms with Crippen molar-refractivity contribution in [2.45, 2.75) is 0 Å². The molecule has 0 saturated carbocycles. The molecule has 0 radical (unpaired) electrons. The zero-order valence-corrected chi connectivity index (χ0v) is 15.0. The summed E-state index contributed by atoms with van der Waals surface area (Å²) in [6.45, 7) is 0. The second kappa shape index (κ2) is 6.37. The summed E-state index contributed by atoms with van der Waals surface area (Å²) in [5, 5.41) is 12.1. The molecule has 0 unspecified atom stereocenters. The minimum atomic E-state index is 0.172. The fourth-order valence-electron chi connectivity index (χ4n) is 3.01. The van der Waals surface area contributed by atoms with Crippen molar-refractivity contribution in [3.8, 4) is 17.1 Å². The van der Waals surface area contributed by atoms with Gasteiger partial charge in [-0.2, -0.15) is 0 Å². The summed E-state index contributed by atoms with van der Waals surface area (Å²) < 4.78 is 7.14. The largest absolute Gasteiger partial charge is 0.508 e. The molecule has 27 heavy (non-hydrogen) atoms. The van der Waals surface area contributed by atoms with E-state index in [1.165, 1.54) is 11.3 Å². The van der Waals surface area contributed by atoms with E-state index in [4.69, 9.17) is 9.41 Å². The minimum Gasteiger partial charge on any atom is -0.508 e. The Balaban J connectivity index is 1.79. The van der Waals surface area contributed by atoms with Crippen LogP contribution >= 0.6 is 11.3 Å². The van der Waals surface area contributed by atoms with Crippen LogP contribution < -0.4 is 5.36 Å². The molecule has 0 aliphatic carbocycles.